The van der Waals surface area contributed by atoms with Gasteiger partial charge in [-0.3, -0.25) is 4.79 Å². The maximum absolute atomic E-state index is 10.5. The number of primary amides is 1. The summed E-state index contributed by atoms with van der Waals surface area (Å²) in [6, 6.07) is 14.1. The lowest BCUT2D eigenvalue weighted by Crippen LogP contribution is -2.06. The van der Waals surface area contributed by atoms with E-state index in [9.17, 15) is 4.79 Å². The third-order valence-corrected chi connectivity index (χ3v) is 2.30. The lowest BCUT2D eigenvalue weighted by molar-refractivity contribution is -0.112. The van der Waals surface area contributed by atoms with Crippen LogP contribution in [0.2, 0.25) is 0 Å². The van der Waals surface area contributed by atoms with Crippen molar-refractivity contribution in [2.45, 2.75) is 0 Å². The summed E-state index contributed by atoms with van der Waals surface area (Å²) in [6.45, 7) is 0. The number of nitrogens with two attached hydrogens (primary N) is 2. The van der Waals surface area contributed by atoms with Crippen LogP contribution in [0.25, 0.3) is 0 Å². The molecule has 4 heteroatoms. The Bertz CT molecular complexity index is 635. The van der Waals surface area contributed by atoms with Gasteiger partial charge in [0.15, 0.2) is 0 Å². The zero-order valence-corrected chi connectivity index (χ0v) is 10.1. The third-order valence-electron chi connectivity index (χ3n) is 2.30. The number of hydrogen-bond acceptors (Lipinski definition) is 3. The molecule has 0 saturated heterocycles. The number of rotatable bonds is 2. The Morgan fingerprint density at radius 1 is 0.947 bits per heavy atom. The second-order valence-corrected chi connectivity index (χ2v) is 3.81. The van der Waals surface area contributed by atoms with E-state index in [0.717, 1.165) is 0 Å². The summed E-state index contributed by atoms with van der Waals surface area (Å²) in [5, 5.41) is 0. The van der Waals surface area contributed by atoms with Crippen molar-refractivity contribution >= 4 is 11.6 Å². The van der Waals surface area contributed by atoms with E-state index >= 15 is 0 Å². The summed E-state index contributed by atoms with van der Waals surface area (Å²) in [6.07, 6.45) is 0. The summed E-state index contributed by atoms with van der Waals surface area (Å²) < 4.78 is 5.62. The van der Waals surface area contributed by atoms with E-state index in [2.05, 4.69) is 11.8 Å². The molecule has 94 valence electrons. The normalized spacial score (nSPS) is 9.26. The molecule has 0 aliphatic carbocycles. The topological polar surface area (TPSA) is 78.3 Å². The van der Waals surface area contributed by atoms with E-state index < -0.39 is 5.91 Å². The summed E-state index contributed by atoms with van der Waals surface area (Å²) in [7, 11) is 0. The van der Waals surface area contributed by atoms with Crippen molar-refractivity contribution in [2.75, 3.05) is 5.73 Å². The van der Waals surface area contributed by atoms with Gasteiger partial charge in [-0.2, -0.15) is 0 Å². The monoisotopic (exact) mass is 252 g/mol. The van der Waals surface area contributed by atoms with Crippen LogP contribution in [0.4, 0.5) is 5.69 Å². The Hall–Kier alpha value is -2.93. The van der Waals surface area contributed by atoms with E-state index in [-0.39, 0.29) is 0 Å². The number of hydrogen-bond donors (Lipinski definition) is 2. The van der Waals surface area contributed by atoms with Gasteiger partial charge in [0.1, 0.15) is 11.5 Å². The van der Waals surface area contributed by atoms with E-state index in [1.807, 2.05) is 0 Å². The quantitative estimate of drug-likeness (QED) is 0.633. The number of benzene rings is 2. The molecule has 2 rings (SSSR count). The summed E-state index contributed by atoms with van der Waals surface area (Å²) in [5.74, 6) is 5.64. The molecule has 0 aliphatic rings. The standard InChI is InChI=1S/C15H12N2O2/c16-12-4-8-14(9-5-12)19-13-6-1-11(2-7-13)3-10-15(17)18/h1-2,4-9H,16H2,(H2,17,18). The first-order valence-corrected chi connectivity index (χ1v) is 5.58. The highest BCUT2D eigenvalue weighted by Crippen LogP contribution is 2.22. The van der Waals surface area contributed by atoms with E-state index in [4.69, 9.17) is 16.2 Å². The predicted molar refractivity (Wildman–Crippen MR) is 73.4 cm³/mol. The Balaban J connectivity index is 2.09. The van der Waals surface area contributed by atoms with E-state index in [1.54, 1.807) is 48.5 Å². The summed E-state index contributed by atoms with van der Waals surface area (Å²) >= 11 is 0. The molecule has 2 aromatic rings. The van der Waals surface area contributed by atoms with Crippen molar-refractivity contribution in [3.63, 3.8) is 0 Å². The highest BCUT2D eigenvalue weighted by Gasteiger charge is 1.97. The fraction of sp³-hybridized carbons (Fsp3) is 0. The van der Waals surface area contributed by atoms with Crippen molar-refractivity contribution in [3.05, 3.63) is 54.1 Å². The molecular weight excluding hydrogens is 240 g/mol. The SMILES string of the molecule is NC(=O)C#Cc1ccc(Oc2ccc(N)cc2)cc1. The van der Waals surface area contributed by atoms with Gasteiger partial charge in [-0.1, -0.05) is 5.92 Å². The molecule has 19 heavy (non-hydrogen) atoms. The van der Waals surface area contributed by atoms with Gasteiger partial charge in [-0.05, 0) is 54.5 Å². The van der Waals surface area contributed by atoms with Crippen LogP contribution >= 0.6 is 0 Å². The van der Waals surface area contributed by atoms with Crippen molar-refractivity contribution < 1.29 is 9.53 Å². The van der Waals surface area contributed by atoms with Crippen LogP contribution in [0.1, 0.15) is 5.56 Å². The smallest absolute Gasteiger partial charge is 0.293 e. The number of carbonyl (C=O) groups is 1. The van der Waals surface area contributed by atoms with Gasteiger partial charge < -0.3 is 16.2 Å². The molecule has 4 nitrogen and oxygen atoms in total. The molecule has 1 amide bonds. The highest BCUT2D eigenvalue weighted by atomic mass is 16.5. The minimum Gasteiger partial charge on any atom is -0.457 e. The van der Waals surface area contributed by atoms with Crippen molar-refractivity contribution in [3.8, 4) is 23.3 Å². The highest BCUT2D eigenvalue weighted by molar-refractivity contribution is 5.92. The number of ether oxygens (including phenoxy) is 1. The first-order valence-electron chi connectivity index (χ1n) is 5.58. The van der Waals surface area contributed by atoms with Gasteiger partial charge >= 0.3 is 0 Å². The minimum absolute atomic E-state index is 0.651. The first kappa shape index (κ1) is 12.5. The van der Waals surface area contributed by atoms with Crippen LogP contribution in [-0.2, 0) is 4.79 Å². The van der Waals surface area contributed by atoms with Crippen molar-refractivity contribution in [1.82, 2.24) is 0 Å². The van der Waals surface area contributed by atoms with Crippen LogP contribution in [0.3, 0.4) is 0 Å². The molecule has 0 spiro atoms. The van der Waals surface area contributed by atoms with Crippen LogP contribution in [0.5, 0.6) is 11.5 Å². The fourth-order valence-corrected chi connectivity index (χ4v) is 1.41. The van der Waals surface area contributed by atoms with Crippen LogP contribution < -0.4 is 16.2 Å². The molecule has 0 fully saturated rings. The van der Waals surface area contributed by atoms with Gasteiger partial charge in [0.25, 0.3) is 5.91 Å². The predicted octanol–water partition coefficient (Wildman–Crippen LogP) is 1.90. The average molecular weight is 252 g/mol. The first-order chi connectivity index (χ1) is 9.13. The number of anilines is 1. The molecule has 0 aromatic heterocycles. The van der Waals surface area contributed by atoms with E-state index in [0.29, 0.717) is 22.7 Å². The zero-order valence-electron chi connectivity index (χ0n) is 10.1. The Morgan fingerprint density at radius 2 is 1.47 bits per heavy atom. The molecule has 2 aromatic carbocycles. The largest absolute Gasteiger partial charge is 0.457 e. The van der Waals surface area contributed by atoms with Crippen LogP contribution in [-0.4, -0.2) is 5.91 Å². The second kappa shape index (κ2) is 5.61. The zero-order chi connectivity index (χ0) is 13.7. The van der Waals surface area contributed by atoms with Crippen LogP contribution in [0.15, 0.2) is 48.5 Å². The molecule has 0 radical (unpaired) electrons. The molecule has 0 heterocycles. The molecule has 0 bridgehead atoms. The Labute approximate surface area is 111 Å². The molecular formula is C15H12N2O2. The molecule has 0 saturated carbocycles. The van der Waals surface area contributed by atoms with Gasteiger partial charge in [0.05, 0.1) is 0 Å². The third kappa shape index (κ3) is 3.79. The van der Waals surface area contributed by atoms with Crippen LogP contribution in [0, 0.1) is 11.8 Å². The van der Waals surface area contributed by atoms with Gasteiger partial charge in [-0.15, -0.1) is 0 Å². The number of carbonyl (C=O) groups excluding carboxylic acids is 1. The maximum Gasteiger partial charge on any atom is 0.293 e. The summed E-state index contributed by atoms with van der Waals surface area (Å²) in [4.78, 5) is 10.5. The number of amides is 1. The van der Waals surface area contributed by atoms with E-state index in [1.165, 1.54) is 0 Å². The Kier molecular flexibility index (Phi) is 3.70. The van der Waals surface area contributed by atoms with Crippen molar-refractivity contribution in [2.24, 2.45) is 5.73 Å². The molecule has 0 atom stereocenters. The lowest BCUT2D eigenvalue weighted by atomic mass is 10.2. The van der Waals surface area contributed by atoms with Gasteiger partial charge in [0.2, 0.25) is 0 Å². The Morgan fingerprint density at radius 3 is 2.00 bits per heavy atom. The summed E-state index contributed by atoms with van der Waals surface area (Å²) in [5.41, 5.74) is 11.9. The fourth-order valence-electron chi connectivity index (χ4n) is 1.41. The second-order valence-electron chi connectivity index (χ2n) is 3.81. The molecule has 0 aliphatic heterocycles. The lowest BCUT2D eigenvalue weighted by Gasteiger charge is -2.05. The number of nitrogen functional groups attached to an aromatic ring is 1. The average Bonchev–Trinajstić information content (AvgIpc) is 2.40. The molecule has 4 N–H and O–H groups in total. The minimum atomic E-state index is -0.651. The maximum atomic E-state index is 10.5. The van der Waals surface area contributed by atoms with Crippen molar-refractivity contribution in [1.29, 1.82) is 0 Å². The molecule has 0 unspecified atom stereocenters. The van der Waals surface area contributed by atoms with Gasteiger partial charge in [-0.25, -0.2) is 0 Å². The van der Waals surface area contributed by atoms with Gasteiger partial charge in [0, 0.05) is 11.3 Å².